The summed E-state index contributed by atoms with van der Waals surface area (Å²) in [5, 5.41) is 0. The average molecular weight is 307 g/mol. The Balaban J connectivity index is 0. The Kier molecular flexibility index (Phi) is 4790. The molecule has 0 nitrogen and oxygen atoms in total. The summed E-state index contributed by atoms with van der Waals surface area (Å²) in [6.45, 7) is 0. The van der Waals surface area contributed by atoms with E-state index in [0.717, 1.165) is 0 Å². The quantitative estimate of drug-likeness (QED) is 0.627. The van der Waals surface area contributed by atoms with Crippen LogP contribution in [-0.2, 0) is 0 Å². The van der Waals surface area contributed by atoms with E-state index in [9.17, 15) is 0 Å². The second-order valence-corrected chi connectivity index (χ2v) is 0. The SMILES string of the molecule is Br.Br.Br.C.C.C.C. The van der Waals surface area contributed by atoms with Crippen molar-refractivity contribution in [2.24, 2.45) is 0 Å². The molecule has 0 aliphatic heterocycles. The van der Waals surface area contributed by atoms with Gasteiger partial charge in [0.1, 0.15) is 0 Å². The van der Waals surface area contributed by atoms with Crippen LogP contribution in [0.15, 0.2) is 0 Å². The van der Waals surface area contributed by atoms with Crippen molar-refractivity contribution >= 4 is 50.9 Å². The molecule has 56 valence electrons. The molecule has 0 aromatic carbocycles. The van der Waals surface area contributed by atoms with Crippen LogP contribution in [0.2, 0.25) is 0 Å². The van der Waals surface area contributed by atoms with E-state index >= 15 is 0 Å². The summed E-state index contributed by atoms with van der Waals surface area (Å²) in [5.41, 5.74) is 0. The zero-order chi connectivity index (χ0) is 0. The molecule has 0 fully saturated rings. The third-order valence-electron chi connectivity index (χ3n) is 0. The van der Waals surface area contributed by atoms with Gasteiger partial charge in [0.05, 0.1) is 0 Å². The van der Waals surface area contributed by atoms with Crippen LogP contribution in [0.4, 0.5) is 0 Å². The first-order valence-electron chi connectivity index (χ1n) is 0. The molecule has 0 radical (unpaired) electrons. The monoisotopic (exact) mass is 304 g/mol. The van der Waals surface area contributed by atoms with Crippen LogP contribution in [0, 0.1) is 0 Å². The summed E-state index contributed by atoms with van der Waals surface area (Å²) in [4.78, 5) is 0. The highest BCUT2D eigenvalue weighted by Crippen LogP contribution is 0.848. The summed E-state index contributed by atoms with van der Waals surface area (Å²) >= 11 is 0. The molecule has 0 amide bonds. The number of rotatable bonds is 0. The molecule has 0 aliphatic rings. The maximum Gasteiger partial charge on any atom is -0.0776 e. The molecule has 0 aromatic heterocycles. The lowest BCUT2D eigenvalue weighted by molar-refractivity contribution is 2.50. The van der Waals surface area contributed by atoms with E-state index in [2.05, 4.69) is 0 Å². The fourth-order valence-electron chi connectivity index (χ4n) is 0. The number of halogens is 3. The van der Waals surface area contributed by atoms with E-state index in [1.54, 1.807) is 0 Å². The number of hydrogen-bond acceptors (Lipinski definition) is 0. The minimum atomic E-state index is 0. The van der Waals surface area contributed by atoms with E-state index in [-0.39, 0.29) is 80.7 Å². The Morgan fingerprint density at radius 2 is 0.286 bits per heavy atom. The maximum absolute atomic E-state index is 0. The molecule has 0 aromatic rings. The van der Waals surface area contributed by atoms with Gasteiger partial charge in [0.2, 0.25) is 0 Å². The fourth-order valence-corrected chi connectivity index (χ4v) is 0. The van der Waals surface area contributed by atoms with Crippen molar-refractivity contribution in [3.8, 4) is 0 Å². The van der Waals surface area contributed by atoms with Gasteiger partial charge in [-0.1, -0.05) is 29.7 Å². The second-order valence-electron chi connectivity index (χ2n) is 0. The summed E-state index contributed by atoms with van der Waals surface area (Å²) in [6, 6.07) is 0. The lowest BCUT2D eigenvalue weighted by atomic mass is 12.0. The molecule has 7 heavy (non-hydrogen) atoms. The van der Waals surface area contributed by atoms with Crippen molar-refractivity contribution in [3.05, 3.63) is 0 Å². The Morgan fingerprint density at radius 3 is 0.286 bits per heavy atom. The van der Waals surface area contributed by atoms with Gasteiger partial charge in [-0.15, -0.1) is 50.9 Å². The van der Waals surface area contributed by atoms with Crippen LogP contribution in [-0.4, -0.2) is 0 Å². The van der Waals surface area contributed by atoms with E-state index in [1.165, 1.54) is 0 Å². The Morgan fingerprint density at radius 1 is 0.286 bits per heavy atom. The van der Waals surface area contributed by atoms with Crippen molar-refractivity contribution in [1.82, 2.24) is 0 Å². The van der Waals surface area contributed by atoms with E-state index in [1.807, 2.05) is 0 Å². The van der Waals surface area contributed by atoms with Crippen molar-refractivity contribution < 1.29 is 0 Å². The molecule has 0 bridgehead atoms. The molecule has 0 rings (SSSR count). The zero-order valence-corrected chi connectivity index (χ0v) is 6.36. The van der Waals surface area contributed by atoms with Crippen molar-refractivity contribution in [2.45, 2.75) is 29.7 Å². The summed E-state index contributed by atoms with van der Waals surface area (Å²) in [7, 11) is 0. The molecule has 0 N–H and O–H groups in total. The maximum atomic E-state index is 0. The van der Waals surface area contributed by atoms with Crippen LogP contribution in [0.25, 0.3) is 0 Å². The summed E-state index contributed by atoms with van der Waals surface area (Å²) in [5.74, 6) is 0. The van der Waals surface area contributed by atoms with Gasteiger partial charge in [0.15, 0.2) is 0 Å². The minimum absolute atomic E-state index is 0. The topological polar surface area (TPSA) is 0 Å². The van der Waals surface area contributed by atoms with Crippen LogP contribution in [0.3, 0.4) is 0 Å². The van der Waals surface area contributed by atoms with Crippen molar-refractivity contribution in [2.75, 3.05) is 0 Å². The normalized spacial score (nSPS) is 0. The molecule has 0 saturated heterocycles. The minimum Gasteiger partial charge on any atom is -0.114 e. The molecule has 0 unspecified atom stereocenters. The smallest absolute Gasteiger partial charge is 0.0776 e. The Hall–Kier alpha value is 1.44. The molecule has 0 atom stereocenters. The molecule has 0 saturated carbocycles. The highest BCUT2D eigenvalue weighted by atomic mass is 79.9. The van der Waals surface area contributed by atoms with Gasteiger partial charge in [-0.3, -0.25) is 0 Å². The molecule has 0 aliphatic carbocycles. The Labute approximate surface area is 80.4 Å². The first kappa shape index (κ1) is 225. The van der Waals surface area contributed by atoms with Crippen LogP contribution in [0.1, 0.15) is 29.7 Å². The van der Waals surface area contributed by atoms with Crippen LogP contribution in [0.5, 0.6) is 0 Å². The van der Waals surface area contributed by atoms with Crippen LogP contribution < -0.4 is 0 Å². The highest BCUT2D eigenvalue weighted by molar-refractivity contribution is 8.93. The van der Waals surface area contributed by atoms with E-state index < -0.39 is 0 Å². The van der Waals surface area contributed by atoms with Gasteiger partial charge in [0, 0.05) is 0 Å². The standard InChI is InChI=1S/4CH4.3BrH/h4*1H4;3*1H. The third-order valence-corrected chi connectivity index (χ3v) is 0. The molecular weight excluding hydrogens is 288 g/mol. The predicted octanol–water partition coefficient (Wildman–Crippen LogP) is 4.28. The Bertz CT molecular complexity index is 6.90. The predicted molar refractivity (Wildman–Crippen MR) is 57.9 cm³/mol. The van der Waals surface area contributed by atoms with E-state index in [0.29, 0.717) is 0 Å². The lowest BCUT2D eigenvalue weighted by Gasteiger charge is -0.115. The van der Waals surface area contributed by atoms with Gasteiger partial charge in [-0.25, -0.2) is 0 Å². The lowest BCUT2D eigenvalue weighted by Crippen LogP contribution is 0.143. The first-order chi connectivity index (χ1) is 0. The fraction of sp³-hybridized carbons (Fsp3) is 1.00. The molecule has 0 spiro atoms. The average Bonchev–Trinajstić information content (AvgIpc) is 0. The van der Waals surface area contributed by atoms with Gasteiger partial charge in [-0.2, -0.15) is 0 Å². The van der Waals surface area contributed by atoms with Gasteiger partial charge in [-0.05, 0) is 0 Å². The second kappa shape index (κ2) is 149. The van der Waals surface area contributed by atoms with Crippen molar-refractivity contribution in [1.29, 1.82) is 0 Å². The zero-order valence-electron chi connectivity index (χ0n) is 1.22. The first-order valence-corrected chi connectivity index (χ1v) is 0. The number of hydrogen-bond donors (Lipinski definition) is 0. The third kappa shape index (κ3) is 106. The van der Waals surface area contributed by atoms with Crippen molar-refractivity contribution in [3.63, 3.8) is 0 Å². The molecule has 0 heterocycles. The molecule has 3 heteroatoms. The molecular formula is C4H19Br3. The highest BCUT2D eigenvalue weighted by Gasteiger charge is -0.0742. The van der Waals surface area contributed by atoms with Crippen LogP contribution >= 0.6 is 50.9 Å². The van der Waals surface area contributed by atoms with Gasteiger partial charge >= 0.3 is 0 Å². The van der Waals surface area contributed by atoms with Gasteiger partial charge < -0.3 is 0 Å². The summed E-state index contributed by atoms with van der Waals surface area (Å²) in [6.07, 6.45) is 0. The summed E-state index contributed by atoms with van der Waals surface area (Å²) < 4.78 is 0. The van der Waals surface area contributed by atoms with E-state index in [4.69, 9.17) is 0 Å². The van der Waals surface area contributed by atoms with Gasteiger partial charge in [0.25, 0.3) is 0 Å². The largest absolute Gasteiger partial charge is 0.114 e.